The first-order valence-electron chi connectivity index (χ1n) is 6.41. The molecule has 3 unspecified atom stereocenters. The summed E-state index contributed by atoms with van der Waals surface area (Å²) in [7, 11) is 1.29. The zero-order valence-corrected chi connectivity index (χ0v) is 11.5. The molecule has 6 heteroatoms. The van der Waals surface area contributed by atoms with Gasteiger partial charge in [-0.3, -0.25) is 14.9 Å². The summed E-state index contributed by atoms with van der Waals surface area (Å²) in [5, 5.41) is 5.64. The Morgan fingerprint density at radius 1 is 1.30 bits per heavy atom. The number of hydrogen-bond acceptors (Lipinski definition) is 5. The normalized spacial score (nSPS) is 25.9. The fourth-order valence-electron chi connectivity index (χ4n) is 2.10. The number of hydrogen-bond donors (Lipinski definition) is 2. The van der Waals surface area contributed by atoms with Crippen LogP contribution in [-0.2, 0) is 25.7 Å². The predicted octanol–water partition coefficient (Wildman–Crippen LogP) is 0.179. The molecule has 20 heavy (non-hydrogen) atoms. The lowest BCUT2D eigenvalue weighted by molar-refractivity contribution is -0.158. The largest absolute Gasteiger partial charge is 0.468 e. The van der Waals surface area contributed by atoms with Crippen LogP contribution in [0.1, 0.15) is 12.5 Å². The van der Waals surface area contributed by atoms with E-state index < -0.39 is 18.1 Å². The fraction of sp³-hybridized carbons (Fsp3) is 0.429. The van der Waals surface area contributed by atoms with Crippen molar-refractivity contribution in [3.05, 3.63) is 35.9 Å². The molecule has 0 bridgehead atoms. The highest BCUT2D eigenvalue weighted by Gasteiger charge is 2.40. The molecule has 6 nitrogen and oxygen atoms in total. The van der Waals surface area contributed by atoms with Crippen molar-refractivity contribution < 1.29 is 19.1 Å². The third-order valence-corrected chi connectivity index (χ3v) is 3.08. The molecule has 3 atom stereocenters. The van der Waals surface area contributed by atoms with E-state index in [2.05, 4.69) is 10.6 Å². The minimum atomic E-state index is -0.904. The molecule has 0 aliphatic carbocycles. The SMILES string of the molecule is COC(=O)C1NC(C)NC(=O)C1OCc1ccccc1. The maximum atomic E-state index is 12.0. The second-order valence-electron chi connectivity index (χ2n) is 4.61. The van der Waals surface area contributed by atoms with Crippen molar-refractivity contribution in [3.8, 4) is 0 Å². The lowest BCUT2D eigenvalue weighted by atomic mass is 10.1. The molecule has 1 aromatic carbocycles. The predicted molar refractivity (Wildman–Crippen MR) is 71.6 cm³/mol. The van der Waals surface area contributed by atoms with E-state index in [0.29, 0.717) is 0 Å². The molecule has 1 aliphatic rings. The highest BCUT2D eigenvalue weighted by molar-refractivity contribution is 5.90. The third kappa shape index (κ3) is 3.34. The van der Waals surface area contributed by atoms with E-state index in [0.717, 1.165) is 5.56 Å². The summed E-state index contributed by atoms with van der Waals surface area (Å²) >= 11 is 0. The maximum Gasteiger partial charge on any atom is 0.326 e. The van der Waals surface area contributed by atoms with Gasteiger partial charge in [-0.1, -0.05) is 30.3 Å². The van der Waals surface area contributed by atoms with Gasteiger partial charge in [-0.25, -0.2) is 0 Å². The molecule has 0 radical (unpaired) electrons. The average molecular weight is 278 g/mol. The monoisotopic (exact) mass is 278 g/mol. The number of ether oxygens (including phenoxy) is 2. The molecule has 0 spiro atoms. The number of benzene rings is 1. The van der Waals surface area contributed by atoms with Gasteiger partial charge in [0, 0.05) is 0 Å². The Bertz CT molecular complexity index is 477. The van der Waals surface area contributed by atoms with Gasteiger partial charge in [0.1, 0.15) is 6.04 Å². The van der Waals surface area contributed by atoms with Crippen LogP contribution in [0, 0.1) is 0 Å². The van der Waals surface area contributed by atoms with Gasteiger partial charge >= 0.3 is 5.97 Å². The second kappa shape index (κ2) is 6.49. The Morgan fingerprint density at radius 3 is 2.65 bits per heavy atom. The van der Waals surface area contributed by atoms with Gasteiger partial charge < -0.3 is 14.8 Å². The molecule has 108 valence electrons. The van der Waals surface area contributed by atoms with Gasteiger partial charge in [-0.05, 0) is 12.5 Å². The van der Waals surface area contributed by atoms with Gasteiger partial charge in [0.25, 0.3) is 5.91 Å². The van der Waals surface area contributed by atoms with Crippen molar-refractivity contribution in [3.63, 3.8) is 0 Å². The zero-order chi connectivity index (χ0) is 14.5. The van der Waals surface area contributed by atoms with Crippen molar-refractivity contribution >= 4 is 11.9 Å². The van der Waals surface area contributed by atoms with Gasteiger partial charge in [0.2, 0.25) is 0 Å². The smallest absolute Gasteiger partial charge is 0.326 e. The number of esters is 1. The van der Waals surface area contributed by atoms with Crippen LogP contribution in [0.15, 0.2) is 30.3 Å². The van der Waals surface area contributed by atoms with Crippen molar-refractivity contribution in [2.75, 3.05) is 7.11 Å². The molecule has 2 rings (SSSR count). The molecule has 1 saturated heterocycles. The van der Waals surface area contributed by atoms with Crippen LogP contribution >= 0.6 is 0 Å². The van der Waals surface area contributed by atoms with Crippen LogP contribution in [-0.4, -0.2) is 37.3 Å². The zero-order valence-electron chi connectivity index (χ0n) is 11.5. The van der Waals surface area contributed by atoms with Crippen LogP contribution in [0.3, 0.4) is 0 Å². The van der Waals surface area contributed by atoms with Gasteiger partial charge in [-0.15, -0.1) is 0 Å². The van der Waals surface area contributed by atoms with Crippen LogP contribution in [0.5, 0.6) is 0 Å². The Morgan fingerprint density at radius 2 is 2.00 bits per heavy atom. The van der Waals surface area contributed by atoms with E-state index in [-0.39, 0.29) is 18.7 Å². The molecule has 0 aromatic heterocycles. The molecule has 1 fully saturated rings. The third-order valence-electron chi connectivity index (χ3n) is 3.08. The first-order valence-corrected chi connectivity index (χ1v) is 6.41. The van der Waals surface area contributed by atoms with Crippen molar-refractivity contribution in [1.29, 1.82) is 0 Å². The summed E-state index contributed by atoms with van der Waals surface area (Å²) in [6, 6.07) is 8.66. The average Bonchev–Trinajstić information content (AvgIpc) is 2.46. The maximum absolute atomic E-state index is 12.0. The van der Waals surface area contributed by atoms with E-state index in [1.54, 1.807) is 6.92 Å². The van der Waals surface area contributed by atoms with Crippen molar-refractivity contribution in [2.45, 2.75) is 31.8 Å². The lowest BCUT2D eigenvalue weighted by Crippen LogP contribution is -2.66. The minimum absolute atomic E-state index is 0.252. The molecule has 1 amide bonds. The Balaban J connectivity index is 2.05. The molecule has 1 aromatic rings. The first-order chi connectivity index (χ1) is 9.61. The number of amides is 1. The summed E-state index contributed by atoms with van der Waals surface area (Å²) in [5.74, 6) is -0.827. The van der Waals surface area contributed by atoms with Crippen LogP contribution in [0.4, 0.5) is 0 Å². The second-order valence-corrected chi connectivity index (χ2v) is 4.61. The number of carbonyl (C=O) groups excluding carboxylic acids is 2. The molecular formula is C14H18N2O4. The molecular weight excluding hydrogens is 260 g/mol. The van der Waals surface area contributed by atoms with Crippen molar-refractivity contribution in [2.24, 2.45) is 0 Å². The topological polar surface area (TPSA) is 76.7 Å². The molecule has 1 aliphatic heterocycles. The molecule has 2 N–H and O–H groups in total. The van der Waals surface area contributed by atoms with Gasteiger partial charge in [0.05, 0.1) is 19.9 Å². The number of nitrogens with one attached hydrogen (secondary N) is 2. The van der Waals surface area contributed by atoms with Crippen LogP contribution in [0.25, 0.3) is 0 Å². The number of methoxy groups -OCH3 is 1. The van der Waals surface area contributed by atoms with E-state index in [1.807, 2.05) is 30.3 Å². The number of carbonyl (C=O) groups is 2. The Labute approximate surface area is 117 Å². The lowest BCUT2D eigenvalue weighted by Gasteiger charge is -2.34. The summed E-state index contributed by atoms with van der Waals surface area (Å²) in [4.78, 5) is 23.7. The Hall–Kier alpha value is -1.92. The summed E-state index contributed by atoms with van der Waals surface area (Å²) in [6.07, 6.45) is -1.21. The van der Waals surface area contributed by atoms with Gasteiger partial charge in [-0.2, -0.15) is 0 Å². The van der Waals surface area contributed by atoms with E-state index in [9.17, 15) is 9.59 Å². The summed E-state index contributed by atoms with van der Waals surface area (Å²) in [5.41, 5.74) is 0.933. The minimum Gasteiger partial charge on any atom is -0.468 e. The van der Waals surface area contributed by atoms with Crippen LogP contribution in [0.2, 0.25) is 0 Å². The first kappa shape index (κ1) is 14.5. The summed E-state index contributed by atoms with van der Waals surface area (Å²) < 4.78 is 10.3. The highest BCUT2D eigenvalue weighted by Crippen LogP contribution is 2.11. The molecule has 0 saturated carbocycles. The highest BCUT2D eigenvalue weighted by atomic mass is 16.5. The van der Waals surface area contributed by atoms with E-state index in [4.69, 9.17) is 9.47 Å². The van der Waals surface area contributed by atoms with E-state index in [1.165, 1.54) is 7.11 Å². The van der Waals surface area contributed by atoms with Crippen molar-refractivity contribution in [1.82, 2.24) is 10.6 Å². The van der Waals surface area contributed by atoms with Gasteiger partial charge in [0.15, 0.2) is 6.10 Å². The standard InChI is InChI=1S/C14H18N2O4/c1-9-15-11(14(18)19-2)12(13(17)16-9)20-8-10-6-4-3-5-7-10/h3-7,9,11-12,15H,8H2,1-2H3,(H,16,17). The van der Waals surface area contributed by atoms with E-state index >= 15 is 0 Å². The Kier molecular flexibility index (Phi) is 4.70. The molecule has 1 heterocycles. The van der Waals surface area contributed by atoms with Crippen LogP contribution < -0.4 is 10.6 Å². The fourth-order valence-corrected chi connectivity index (χ4v) is 2.10. The number of rotatable bonds is 4. The quantitative estimate of drug-likeness (QED) is 0.768. The summed E-state index contributed by atoms with van der Waals surface area (Å²) in [6.45, 7) is 2.00.